The molecule has 184 valence electrons. The molecule has 1 N–H and O–H groups in total. The van der Waals surface area contributed by atoms with Crippen molar-refractivity contribution in [3.05, 3.63) is 90.6 Å². The summed E-state index contributed by atoms with van der Waals surface area (Å²) in [5, 5.41) is 3.37. The van der Waals surface area contributed by atoms with Crippen LogP contribution in [0.25, 0.3) is 0 Å². The van der Waals surface area contributed by atoms with Crippen LogP contribution in [0.3, 0.4) is 0 Å². The van der Waals surface area contributed by atoms with Crippen molar-refractivity contribution in [2.24, 2.45) is 5.92 Å². The van der Waals surface area contributed by atoms with E-state index < -0.39 is 0 Å². The maximum Gasteiger partial charge on any atom is 0.319 e. The van der Waals surface area contributed by atoms with Crippen LogP contribution in [0, 0.1) is 5.92 Å². The number of piperidine rings is 1. The fraction of sp³-hybridized carbons (Fsp3) is 0.345. The van der Waals surface area contributed by atoms with Gasteiger partial charge in [-0.15, -0.1) is 0 Å². The normalized spacial score (nSPS) is 16.7. The first-order chi connectivity index (χ1) is 17.2. The highest BCUT2D eigenvalue weighted by Gasteiger charge is 2.20. The molecule has 1 saturated heterocycles. The van der Waals surface area contributed by atoms with E-state index in [0.29, 0.717) is 24.1 Å². The largest absolute Gasteiger partial charge is 0.493 e. The molecule has 0 amide bonds. The second-order valence-corrected chi connectivity index (χ2v) is 8.83. The molecule has 6 nitrogen and oxygen atoms in total. The summed E-state index contributed by atoms with van der Waals surface area (Å²) in [7, 11) is 1.64. The number of hydrogen-bond donors (Lipinski definition) is 1. The maximum absolute atomic E-state index is 12.1. The van der Waals surface area contributed by atoms with E-state index in [4.69, 9.17) is 14.2 Å². The highest BCUT2D eigenvalue weighted by molar-refractivity contribution is 5.71. The summed E-state index contributed by atoms with van der Waals surface area (Å²) in [5.41, 5.74) is 1.21. The smallest absolute Gasteiger partial charge is 0.319 e. The Balaban J connectivity index is 1.17. The third-order valence-corrected chi connectivity index (χ3v) is 6.21. The van der Waals surface area contributed by atoms with Crippen molar-refractivity contribution in [2.75, 3.05) is 33.4 Å². The summed E-state index contributed by atoms with van der Waals surface area (Å²) in [4.78, 5) is 14.6. The van der Waals surface area contributed by atoms with Crippen molar-refractivity contribution in [1.29, 1.82) is 0 Å². The third kappa shape index (κ3) is 7.84. The molecule has 1 aliphatic carbocycles. The number of hydrogen-bond acceptors (Lipinski definition) is 6. The van der Waals surface area contributed by atoms with Crippen LogP contribution in [-0.2, 0) is 16.1 Å². The zero-order valence-electron chi connectivity index (χ0n) is 20.3. The predicted molar refractivity (Wildman–Crippen MR) is 138 cm³/mol. The van der Waals surface area contributed by atoms with Crippen LogP contribution in [0.4, 0.5) is 0 Å². The van der Waals surface area contributed by atoms with Gasteiger partial charge >= 0.3 is 5.97 Å². The van der Waals surface area contributed by atoms with Crippen LogP contribution in [0.15, 0.2) is 85.0 Å². The lowest BCUT2D eigenvalue weighted by Gasteiger charge is -2.32. The summed E-state index contributed by atoms with van der Waals surface area (Å²) in [6.07, 6.45) is 14.0. The van der Waals surface area contributed by atoms with Crippen LogP contribution in [-0.4, -0.2) is 50.3 Å². The summed E-state index contributed by atoms with van der Waals surface area (Å²) in [6.45, 7) is 3.47. The number of rotatable bonds is 10. The Bertz CT molecular complexity index is 1040. The number of carbonyl (C=O) groups excluding carboxylic acids is 1. The van der Waals surface area contributed by atoms with Gasteiger partial charge in [0, 0.05) is 18.5 Å². The highest BCUT2D eigenvalue weighted by atomic mass is 16.5. The lowest BCUT2D eigenvalue weighted by molar-refractivity contribution is -0.143. The molecule has 1 aliphatic heterocycles. The Morgan fingerprint density at radius 3 is 2.46 bits per heavy atom. The molecule has 0 saturated carbocycles. The Morgan fingerprint density at radius 2 is 1.71 bits per heavy atom. The van der Waals surface area contributed by atoms with Crippen molar-refractivity contribution in [3.8, 4) is 17.2 Å². The van der Waals surface area contributed by atoms with E-state index in [1.54, 1.807) is 7.11 Å². The zero-order chi connectivity index (χ0) is 24.3. The number of allylic oxidation sites excluding steroid dienone is 4. The van der Waals surface area contributed by atoms with Gasteiger partial charge in [0.05, 0.1) is 13.7 Å². The van der Waals surface area contributed by atoms with Gasteiger partial charge in [0.25, 0.3) is 0 Å². The molecule has 2 aromatic carbocycles. The first-order valence-corrected chi connectivity index (χ1v) is 12.2. The Labute approximate surface area is 207 Å². The predicted octanol–water partition coefficient (Wildman–Crippen LogP) is 4.88. The number of benzene rings is 2. The molecule has 0 aromatic heterocycles. The maximum atomic E-state index is 12.1. The van der Waals surface area contributed by atoms with E-state index >= 15 is 0 Å². The first kappa shape index (κ1) is 24.8. The van der Waals surface area contributed by atoms with Gasteiger partial charge in [-0.1, -0.05) is 60.7 Å². The third-order valence-electron chi connectivity index (χ3n) is 6.21. The Morgan fingerprint density at radius 1 is 0.971 bits per heavy atom. The number of nitrogens with one attached hydrogen (secondary N) is 1. The fourth-order valence-corrected chi connectivity index (χ4v) is 4.28. The average Bonchev–Trinajstić information content (AvgIpc) is 3.17. The molecule has 0 bridgehead atoms. The molecule has 2 aromatic rings. The van der Waals surface area contributed by atoms with Crippen LogP contribution in [0.2, 0.25) is 0 Å². The van der Waals surface area contributed by atoms with Crippen molar-refractivity contribution < 1.29 is 19.0 Å². The van der Waals surface area contributed by atoms with Gasteiger partial charge < -0.3 is 19.5 Å². The van der Waals surface area contributed by atoms with Crippen LogP contribution >= 0.6 is 0 Å². The van der Waals surface area contributed by atoms with E-state index in [1.165, 1.54) is 5.56 Å². The number of para-hydroxylation sites is 2. The molecule has 0 unspecified atom stereocenters. The minimum absolute atomic E-state index is 0.135. The molecule has 35 heavy (non-hydrogen) atoms. The second kappa shape index (κ2) is 12.9. The van der Waals surface area contributed by atoms with Crippen molar-refractivity contribution >= 4 is 5.97 Å². The Kier molecular flexibility index (Phi) is 9.15. The molecule has 1 heterocycles. The first-order valence-electron chi connectivity index (χ1n) is 12.2. The van der Waals surface area contributed by atoms with Crippen LogP contribution < -0.4 is 14.8 Å². The monoisotopic (exact) mass is 474 g/mol. The van der Waals surface area contributed by atoms with Crippen LogP contribution in [0.1, 0.15) is 18.4 Å². The van der Waals surface area contributed by atoms with Crippen molar-refractivity contribution in [3.63, 3.8) is 0 Å². The minimum Gasteiger partial charge on any atom is -0.493 e. The summed E-state index contributed by atoms with van der Waals surface area (Å²) >= 11 is 0. The Hall–Kier alpha value is -3.35. The SMILES string of the molecule is COc1ccccc1Oc1cccc(CN2CCC(NCC(=O)OCC3C=CC=CC=C3)CC2)c1. The van der Waals surface area contributed by atoms with Crippen molar-refractivity contribution in [1.82, 2.24) is 10.2 Å². The summed E-state index contributed by atoms with van der Waals surface area (Å²) in [6, 6.07) is 16.2. The van der Waals surface area contributed by atoms with Crippen molar-refractivity contribution in [2.45, 2.75) is 25.4 Å². The quantitative estimate of drug-likeness (QED) is 0.495. The molecule has 0 spiro atoms. The van der Waals surface area contributed by atoms with Gasteiger partial charge in [0.1, 0.15) is 12.4 Å². The minimum atomic E-state index is -0.196. The van der Waals surface area contributed by atoms with Gasteiger partial charge in [-0.25, -0.2) is 0 Å². The molecule has 0 atom stereocenters. The van der Waals surface area contributed by atoms with E-state index in [2.05, 4.69) is 22.3 Å². The summed E-state index contributed by atoms with van der Waals surface area (Å²) < 4.78 is 16.9. The van der Waals surface area contributed by atoms with Gasteiger partial charge in [-0.3, -0.25) is 9.69 Å². The average molecular weight is 475 g/mol. The second-order valence-electron chi connectivity index (χ2n) is 8.83. The molecule has 2 aliphatic rings. The fourth-order valence-electron chi connectivity index (χ4n) is 4.28. The topological polar surface area (TPSA) is 60.0 Å². The summed E-state index contributed by atoms with van der Waals surface area (Å²) in [5.74, 6) is 2.16. The van der Waals surface area contributed by atoms with Gasteiger partial charge in [0.15, 0.2) is 11.5 Å². The highest BCUT2D eigenvalue weighted by Crippen LogP contribution is 2.31. The van der Waals surface area contributed by atoms with Gasteiger partial charge in [0.2, 0.25) is 0 Å². The van der Waals surface area contributed by atoms with E-state index in [9.17, 15) is 4.79 Å². The standard InChI is InChI=1S/C29H34N2O4/c1-33-27-13-6-7-14-28(27)35-26-12-8-11-24(19-26)21-31-17-15-25(16-18-31)30-20-29(32)34-22-23-9-4-2-3-5-10-23/h2-14,19,23,25,30H,15-18,20-22H2,1H3. The molecule has 1 fully saturated rings. The molecule has 0 radical (unpaired) electrons. The number of carbonyl (C=O) groups is 1. The lowest BCUT2D eigenvalue weighted by Crippen LogP contribution is -2.44. The molecule has 4 rings (SSSR count). The lowest BCUT2D eigenvalue weighted by atomic mass is 10.0. The number of likely N-dealkylation sites (tertiary alicyclic amines) is 1. The number of nitrogens with zero attached hydrogens (tertiary/aromatic N) is 1. The number of ether oxygens (including phenoxy) is 3. The zero-order valence-corrected chi connectivity index (χ0v) is 20.3. The van der Waals surface area contributed by atoms with Crippen LogP contribution in [0.5, 0.6) is 17.2 Å². The number of methoxy groups -OCH3 is 1. The molecular weight excluding hydrogens is 440 g/mol. The molecular formula is C29H34N2O4. The molecule has 6 heteroatoms. The van der Waals surface area contributed by atoms with E-state index in [0.717, 1.165) is 38.2 Å². The van der Waals surface area contributed by atoms with Gasteiger partial charge in [-0.05, 0) is 55.8 Å². The number of esters is 1. The van der Waals surface area contributed by atoms with E-state index in [1.807, 2.05) is 72.9 Å². The van der Waals surface area contributed by atoms with E-state index in [-0.39, 0.29) is 18.4 Å². The van der Waals surface area contributed by atoms with Gasteiger partial charge in [-0.2, -0.15) is 0 Å².